The zero-order valence-electron chi connectivity index (χ0n) is 17.5. The SMILES string of the molecule is COc1cccc(-c2cc(C(=O)N3CCN(c4ccc(-n5ccnc5)nn4)CC3)[nH]n2)c1. The summed E-state index contributed by atoms with van der Waals surface area (Å²) in [5.41, 5.74) is 2.07. The average Bonchev–Trinajstić information content (AvgIpc) is 3.57. The van der Waals surface area contributed by atoms with Crippen molar-refractivity contribution in [3.05, 3.63) is 66.9 Å². The Hall–Kier alpha value is -4.21. The number of ether oxygens (including phenoxy) is 1. The molecular weight excluding hydrogens is 408 g/mol. The van der Waals surface area contributed by atoms with Gasteiger partial charge in [0.2, 0.25) is 0 Å². The van der Waals surface area contributed by atoms with Gasteiger partial charge < -0.3 is 14.5 Å². The van der Waals surface area contributed by atoms with Crippen LogP contribution in [0.3, 0.4) is 0 Å². The lowest BCUT2D eigenvalue weighted by molar-refractivity contribution is 0.0740. The van der Waals surface area contributed by atoms with Crippen LogP contribution in [-0.4, -0.2) is 74.0 Å². The van der Waals surface area contributed by atoms with E-state index in [1.165, 1.54) is 0 Å². The van der Waals surface area contributed by atoms with E-state index >= 15 is 0 Å². The highest BCUT2D eigenvalue weighted by atomic mass is 16.5. The largest absolute Gasteiger partial charge is 0.497 e. The lowest BCUT2D eigenvalue weighted by atomic mass is 10.1. The van der Waals surface area contributed by atoms with Gasteiger partial charge in [0.25, 0.3) is 5.91 Å². The Labute approximate surface area is 184 Å². The minimum Gasteiger partial charge on any atom is -0.497 e. The van der Waals surface area contributed by atoms with E-state index in [0.29, 0.717) is 43.4 Å². The molecule has 4 heterocycles. The van der Waals surface area contributed by atoms with Crippen LogP contribution in [0, 0.1) is 0 Å². The molecule has 5 rings (SSSR count). The number of H-pyrrole nitrogens is 1. The van der Waals surface area contributed by atoms with Gasteiger partial charge in [-0.15, -0.1) is 10.2 Å². The number of nitrogens with zero attached hydrogens (tertiary/aromatic N) is 7. The Bertz CT molecular complexity index is 1190. The number of carbonyl (C=O) groups excluding carboxylic acids is 1. The summed E-state index contributed by atoms with van der Waals surface area (Å²) in [4.78, 5) is 20.9. The van der Waals surface area contributed by atoms with Crippen molar-refractivity contribution in [2.24, 2.45) is 0 Å². The molecule has 4 aromatic rings. The Balaban J connectivity index is 1.22. The highest BCUT2D eigenvalue weighted by molar-refractivity contribution is 5.93. The summed E-state index contributed by atoms with van der Waals surface area (Å²) in [5.74, 6) is 2.19. The first-order valence-corrected chi connectivity index (χ1v) is 10.3. The molecular formula is C22H22N8O2. The van der Waals surface area contributed by atoms with Crippen LogP contribution in [0.5, 0.6) is 5.75 Å². The second kappa shape index (κ2) is 8.50. The third-order valence-corrected chi connectivity index (χ3v) is 5.47. The second-order valence-electron chi connectivity index (χ2n) is 7.40. The van der Waals surface area contributed by atoms with Crippen molar-refractivity contribution < 1.29 is 9.53 Å². The van der Waals surface area contributed by atoms with Gasteiger partial charge in [0.1, 0.15) is 17.8 Å². The Morgan fingerprint density at radius 3 is 2.56 bits per heavy atom. The second-order valence-corrected chi connectivity index (χ2v) is 7.40. The van der Waals surface area contributed by atoms with Crippen LogP contribution in [0.2, 0.25) is 0 Å². The summed E-state index contributed by atoms with van der Waals surface area (Å²) in [6.07, 6.45) is 5.21. The number of imidazole rings is 1. The van der Waals surface area contributed by atoms with Crippen LogP contribution in [-0.2, 0) is 0 Å². The molecule has 10 nitrogen and oxygen atoms in total. The van der Waals surface area contributed by atoms with Crippen molar-refractivity contribution in [3.8, 4) is 22.8 Å². The van der Waals surface area contributed by atoms with Crippen LogP contribution >= 0.6 is 0 Å². The molecule has 0 aliphatic carbocycles. The maximum absolute atomic E-state index is 13.0. The van der Waals surface area contributed by atoms with Crippen molar-refractivity contribution in [3.63, 3.8) is 0 Å². The molecule has 1 saturated heterocycles. The number of hydrogen-bond acceptors (Lipinski definition) is 7. The van der Waals surface area contributed by atoms with Gasteiger partial charge in [-0.2, -0.15) is 5.10 Å². The van der Waals surface area contributed by atoms with Crippen LogP contribution in [0.25, 0.3) is 17.1 Å². The summed E-state index contributed by atoms with van der Waals surface area (Å²) >= 11 is 0. The van der Waals surface area contributed by atoms with Gasteiger partial charge in [0, 0.05) is 44.1 Å². The van der Waals surface area contributed by atoms with Crippen LogP contribution in [0.15, 0.2) is 61.2 Å². The third kappa shape index (κ3) is 3.89. The van der Waals surface area contributed by atoms with Crippen molar-refractivity contribution in [2.75, 3.05) is 38.2 Å². The molecule has 10 heteroatoms. The number of methoxy groups -OCH3 is 1. The van der Waals surface area contributed by atoms with E-state index in [2.05, 4.69) is 30.3 Å². The predicted molar refractivity (Wildman–Crippen MR) is 118 cm³/mol. The topological polar surface area (TPSA) is 105 Å². The van der Waals surface area contributed by atoms with E-state index in [9.17, 15) is 4.79 Å². The average molecular weight is 430 g/mol. The number of carbonyl (C=O) groups is 1. The molecule has 32 heavy (non-hydrogen) atoms. The summed E-state index contributed by atoms with van der Waals surface area (Å²) in [6, 6.07) is 13.2. The fourth-order valence-electron chi connectivity index (χ4n) is 3.69. The van der Waals surface area contributed by atoms with E-state index in [0.717, 1.165) is 17.1 Å². The van der Waals surface area contributed by atoms with Crippen molar-refractivity contribution >= 4 is 11.7 Å². The zero-order valence-corrected chi connectivity index (χ0v) is 17.5. The summed E-state index contributed by atoms with van der Waals surface area (Å²) in [5, 5.41) is 15.8. The van der Waals surface area contributed by atoms with E-state index in [1.807, 2.05) is 47.5 Å². The lowest BCUT2D eigenvalue weighted by Gasteiger charge is -2.34. The molecule has 1 fully saturated rings. The number of aromatic nitrogens is 6. The smallest absolute Gasteiger partial charge is 0.272 e. The van der Waals surface area contributed by atoms with Crippen molar-refractivity contribution in [1.29, 1.82) is 0 Å². The number of piperazine rings is 1. The zero-order chi connectivity index (χ0) is 21.9. The maximum Gasteiger partial charge on any atom is 0.272 e. The third-order valence-electron chi connectivity index (χ3n) is 5.47. The summed E-state index contributed by atoms with van der Waals surface area (Å²) in [7, 11) is 1.62. The van der Waals surface area contributed by atoms with Crippen molar-refractivity contribution in [2.45, 2.75) is 0 Å². The summed E-state index contributed by atoms with van der Waals surface area (Å²) in [6.45, 7) is 2.55. The normalized spacial score (nSPS) is 13.9. The molecule has 1 amide bonds. The number of aromatic amines is 1. The monoisotopic (exact) mass is 430 g/mol. The quantitative estimate of drug-likeness (QED) is 0.516. The Morgan fingerprint density at radius 1 is 1.03 bits per heavy atom. The number of benzene rings is 1. The van der Waals surface area contributed by atoms with Crippen LogP contribution in [0.4, 0.5) is 5.82 Å². The molecule has 1 N–H and O–H groups in total. The molecule has 1 aliphatic heterocycles. The molecule has 0 atom stereocenters. The van der Waals surface area contributed by atoms with Crippen LogP contribution in [0.1, 0.15) is 10.5 Å². The predicted octanol–water partition coefficient (Wildman–Crippen LogP) is 2.02. The van der Waals surface area contributed by atoms with E-state index in [-0.39, 0.29) is 5.91 Å². The minimum atomic E-state index is -0.0622. The molecule has 162 valence electrons. The maximum atomic E-state index is 13.0. The van der Waals surface area contributed by atoms with Crippen molar-refractivity contribution in [1.82, 2.24) is 34.8 Å². The fraction of sp³-hybridized carbons (Fsp3) is 0.227. The first-order chi connectivity index (χ1) is 15.7. The first kappa shape index (κ1) is 19.7. The molecule has 0 saturated carbocycles. The number of rotatable bonds is 5. The highest BCUT2D eigenvalue weighted by Gasteiger charge is 2.24. The number of amides is 1. The first-order valence-electron chi connectivity index (χ1n) is 10.3. The molecule has 0 unspecified atom stereocenters. The van der Waals surface area contributed by atoms with Gasteiger partial charge in [-0.25, -0.2) is 4.98 Å². The Morgan fingerprint density at radius 2 is 1.84 bits per heavy atom. The van der Waals surface area contributed by atoms with Gasteiger partial charge in [-0.1, -0.05) is 12.1 Å². The highest BCUT2D eigenvalue weighted by Crippen LogP contribution is 2.23. The van der Waals surface area contributed by atoms with Gasteiger partial charge in [-0.3, -0.25) is 14.5 Å². The fourth-order valence-corrected chi connectivity index (χ4v) is 3.69. The molecule has 0 radical (unpaired) electrons. The molecule has 0 spiro atoms. The number of anilines is 1. The van der Waals surface area contributed by atoms with Gasteiger partial charge in [0.15, 0.2) is 11.6 Å². The molecule has 3 aromatic heterocycles. The van der Waals surface area contributed by atoms with E-state index in [1.54, 1.807) is 30.3 Å². The summed E-state index contributed by atoms with van der Waals surface area (Å²) < 4.78 is 7.07. The minimum absolute atomic E-state index is 0.0622. The van der Waals surface area contributed by atoms with E-state index in [4.69, 9.17) is 4.74 Å². The Kier molecular flexibility index (Phi) is 5.24. The standard InChI is InChI=1S/C22H22N8O2/c1-32-17-4-2-3-16(13-17)18-14-19(25-24-18)22(31)29-11-9-28(10-12-29)20-5-6-21(27-26-20)30-8-7-23-15-30/h2-8,13-15H,9-12H2,1H3,(H,24,25). The van der Waals surface area contributed by atoms with Gasteiger partial charge >= 0.3 is 0 Å². The number of nitrogens with one attached hydrogen (secondary N) is 1. The van der Waals surface area contributed by atoms with Crippen LogP contribution < -0.4 is 9.64 Å². The van der Waals surface area contributed by atoms with Gasteiger partial charge in [-0.05, 0) is 30.3 Å². The lowest BCUT2D eigenvalue weighted by Crippen LogP contribution is -2.49. The molecule has 0 bridgehead atoms. The molecule has 1 aliphatic rings. The van der Waals surface area contributed by atoms with Gasteiger partial charge in [0.05, 0.1) is 12.8 Å². The number of hydrogen-bond donors (Lipinski definition) is 1. The van der Waals surface area contributed by atoms with E-state index < -0.39 is 0 Å². The molecule has 1 aromatic carbocycles.